The minimum absolute atomic E-state index is 0.545. The summed E-state index contributed by atoms with van der Waals surface area (Å²) in [4.78, 5) is 2.64. The first kappa shape index (κ1) is 10.4. The van der Waals surface area contributed by atoms with Crippen LogP contribution in [0, 0.1) is 0 Å². The third-order valence-corrected chi connectivity index (χ3v) is 3.69. The molecule has 0 amide bonds. The Hall–Kier alpha value is 0.310. The van der Waals surface area contributed by atoms with Gasteiger partial charge in [0, 0.05) is 11.3 Å². The van der Waals surface area contributed by atoms with Crippen molar-refractivity contribution in [1.29, 1.82) is 0 Å². The molecule has 0 aliphatic carbocycles. The Morgan fingerprint density at radius 1 is 1.17 bits per heavy atom. The van der Waals surface area contributed by atoms with Crippen molar-refractivity contribution in [3.63, 3.8) is 0 Å². The highest BCUT2D eigenvalue weighted by molar-refractivity contribution is 7.80. The van der Waals surface area contributed by atoms with Crippen LogP contribution < -0.4 is 0 Å². The highest BCUT2D eigenvalue weighted by Crippen LogP contribution is 2.39. The van der Waals surface area contributed by atoms with Crippen molar-refractivity contribution in [1.82, 2.24) is 4.90 Å². The predicted molar refractivity (Wildman–Crippen MR) is 58.0 cm³/mol. The van der Waals surface area contributed by atoms with E-state index in [1.54, 1.807) is 0 Å². The Morgan fingerprint density at radius 3 is 2.00 bits per heavy atom. The van der Waals surface area contributed by atoms with Crippen molar-refractivity contribution in [2.45, 2.75) is 45.1 Å². The summed E-state index contributed by atoms with van der Waals surface area (Å²) in [5.41, 5.74) is 0.545. The largest absolute Gasteiger partial charge is 0.297 e. The maximum atomic E-state index is 4.44. The van der Waals surface area contributed by atoms with Crippen molar-refractivity contribution in [2.24, 2.45) is 0 Å². The Labute approximate surface area is 81.9 Å². The summed E-state index contributed by atoms with van der Waals surface area (Å²) in [6.45, 7) is 6.67. The fraction of sp³-hybridized carbons (Fsp3) is 1.00. The van der Waals surface area contributed by atoms with Crippen molar-refractivity contribution in [3.05, 3.63) is 0 Å². The SMILES string of the molecule is CC.SCC12CCCN1CCC2. The van der Waals surface area contributed by atoms with E-state index in [0.29, 0.717) is 5.54 Å². The molecule has 0 aromatic rings. The standard InChI is InChI=1S/C8H15NS.C2H6/c10-7-8-3-1-5-9(8)6-2-4-8;1-2/h10H,1-7H2;1-2H3. The molecule has 0 unspecified atom stereocenters. The van der Waals surface area contributed by atoms with Crippen LogP contribution in [0.2, 0.25) is 0 Å². The second-order valence-corrected chi connectivity index (χ2v) is 3.89. The third-order valence-electron chi connectivity index (χ3n) is 3.11. The second-order valence-electron chi connectivity index (χ2n) is 3.58. The topological polar surface area (TPSA) is 3.24 Å². The van der Waals surface area contributed by atoms with E-state index >= 15 is 0 Å². The summed E-state index contributed by atoms with van der Waals surface area (Å²) in [7, 11) is 0. The lowest BCUT2D eigenvalue weighted by molar-refractivity contribution is 0.224. The lowest BCUT2D eigenvalue weighted by Gasteiger charge is -2.29. The third kappa shape index (κ3) is 1.64. The van der Waals surface area contributed by atoms with Gasteiger partial charge in [-0.25, -0.2) is 0 Å². The van der Waals surface area contributed by atoms with Crippen LogP contribution >= 0.6 is 12.6 Å². The van der Waals surface area contributed by atoms with E-state index in [-0.39, 0.29) is 0 Å². The van der Waals surface area contributed by atoms with Crippen LogP contribution in [-0.4, -0.2) is 29.3 Å². The minimum atomic E-state index is 0.545. The highest BCUT2D eigenvalue weighted by atomic mass is 32.1. The van der Waals surface area contributed by atoms with Crippen LogP contribution in [0.5, 0.6) is 0 Å². The highest BCUT2D eigenvalue weighted by Gasteiger charge is 2.42. The van der Waals surface area contributed by atoms with E-state index in [2.05, 4.69) is 17.5 Å². The molecular weight excluding hydrogens is 166 g/mol. The summed E-state index contributed by atoms with van der Waals surface area (Å²) < 4.78 is 0. The van der Waals surface area contributed by atoms with Gasteiger partial charge in [0.15, 0.2) is 0 Å². The molecule has 2 heteroatoms. The Morgan fingerprint density at radius 2 is 1.67 bits per heavy atom. The monoisotopic (exact) mass is 187 g/mol. The van der Waals surface area contributed by atoms with Crippen molar-refractivity contribution in [3.8, 4) is 0 Å². The maximum absolute atomic E-state index is 4.44. The van der Waals surface area contributed by atoms with Crippen LogP contribution in [-0.2, 0) is 0 Å². The van der Waals surface area contributed by atoms with E-state index in [1.165, 1.54) is 38.8 Å². The quantitative estimate of drug-likeness (QED) is 0.618. The van der Waals surface area contributed by atoms with Crippen LogP contribution in [0.25, 0.3) is 0 Å². The Balaban J connectivity index is 0.000000336. The maximum Gasteiger partial charge on any atom is 0.0298 e. The first-order valence-corrected chi connectivity index (χ1v) is 5.87. The average molecular weight is 187 g/mol. The lowest BCUT2D eigenvalue weighted by atomic mass is 9.97. The molecule has 0 radical (unpaired) electrons. The molecule has 2 saturated heterocycles. The van der Waals surface area contributed by atoms with E-state index < -0.39 is 0 Å². The molecule has 72 valence electrons. The molecule has 0 bridgehead atoms. The first-order valence-electron chi connectivity index (χ1n) is 5.23. The summed E-state index contributed by atoms with van der Waals surface area (Å²) in [5, 5.41) is 0. The zero-order valence-electron chi connectivity index (χ0n) is 8.34. The Bertz CT molecular complexity index is 126. The molecule has 0 atom stereocenters. The molecule has 2 rings (SSSR count). The number of hydrogen-bond acceptors (Lipinski definition) is 2. The van der Waals surface area contributed by atoms with Crippen LogP contribution in [0.15, 0.2) is 0 Å². The van der Waals surface area contributed by atoms with Gasteiger partial charge in [-0.15, -0.1) is 0 Å². The molecule has 0 N–H and O–H groups in total. The fourth-order valence-electron chi connectivity index (χ4n) is 2.48. The Kier molecular flexibility index (Phi) is 3.91. The number of rotatable bonds is 1. The van der Waals surface area contributed by atoms with Gasteiger partial charge in [0.05, 0.1) is 0 Å². The van der Waals surface area contributed by atoms with Gasteiger partial charge < -0.3 is 0 Å². The van der Waals surface area contributed by atoms with Crippen LogP contribution in [0.3, 0.4) is 0 Å². The van der Waals surface area contributed by atoms with Gasteiger partial charge in [0.25, 0.3) is 0 Å². The molecule has 0 aromatic heterocycles. The molecule has 0 spiro atoms. The van der Waals surface area contributed by atoms with Gasteiger partial charge in [-0.1, -0.05) is 13.8 Å². The van der Waals surface area contributed by atoms with E-state index in [1.807, 2.05) is 13.8 Å². The fourth-order valence-corrected chi connectivity index (χ4v) is 3.00. The molecule has 2 aliphatic rings. The van der Waals surface area contributed by atoms with Crippen LogP contribution in [0.4, 0.5) is 0 Å². The van der Waals surface area contributed by atoms with Crippen LogP contribution in [0.1, 0.15) is 39.5 Å². The van der Waals surface area contributed by atoms with Gasteiger partial charge in [0.1, 0.15) is 0 Å². The number of fused-ring (bicyclic) bond motifs is 1. The number of hydrogen-bond donors (Lipinski definition) is 1. The van der Waals surface area contributed by atoms with Gasteiger partial charge >= 0.3 is 0 Å². The smallest absolute Gasteiger partial charge is 0.0298 e. The van der Waals surface area contributed by atoms with Gasteiger partial charge in [0.2, 0.25) is 0 Å². The minimum Gasteiger partial charge on any atom is -0.297 e. The number of nitrogens with zero attached hydrogens (tertiary/aromatic N) is 1. The molecule has 1 nitrogen and oxygen atoms in total. The van der Waals surface area contributed by atoms with E-state index in [4.69, 9.17) is 0 Å². The van der Waals surface area contributed by atoms with E-state index in [9.17, 15) is 0 Å². The molecule has 2 fully saturated rings. The zero-order chi connectivity index (χ0) is 9.03. The summed E-state index contributed by atoms with van der Waals surface area (Å²) in [6, 6.07) is 0. The summed E-state index contributed by atoms with van der Waals surface area (Å²) in [5.74, 6) is 1.08. The average Bonchev–Trinajstić information content (AvgIpc) is 2.65. The van der Waals surface area contributed by atoms with Crippen molar-refractivity contribution in [2.75, 3.05) is 18.8 Å². The molecular formula is C10H21NS. The van der Waals surface area contributed by atoms with Crippen molar-refractivity contribution >= 4 is 12.6 Å². The predicted octanol–water partition coefficient (Wildman–Crippen LogP) is 2.57. The molecule has 12 heavy (non-hydrogen) atoms. The zero-order valence-corrected chi connectivity index (χ0v) is 9.24. The molecule has 0 saturated carbocycles. The summed E-state index contributed by atoms with van der Waals surface area (Å²) >= 11 is 4.44. The van der Waals surface area contributed by atoms with Gasteiger partial charge in [-0.3, -0.25) is 4.90 Å². The molecule has 2 heterocycles. The normalized spacial score (nSPS) is 26.2. The van der Waals surface area contributed by atoms with Gasteiger partial charge in [-0.2, -0.15) is 12.6 Å². The number of thiol groups is 1. The summed E-state index contributed by atoms with van der Waals surface area (Å²) in [6.07, 6.45) is 5.61. The van der Waals surface area contributed by atoms with Crippen molar-refractivity contribution < 1.29 is 0 Å². The van der Waals surface area contributed by atoms with E-state index in [0.717, 1.165) is 5.75 Å². The molecule has 2 aliphatic heterocycles. The first-order chi connectivity index (χ1) is 5.87. The second kappa shape index (κ2) is 4.52. The lowest BCUT2D eigenvalue weighted by Crippen LogP contribution is -2.39. The molecule has 0 aromatic carbocycles. The van der Waals surface area contributed by atoms with Gasteiger partial charge in [-0.05, 0) is 38.8 Å².